The number of carbonyl (C=O) groups excluding carboxylic acids is 2. The van der Waals surface area contributed by atoms with Crippen molar-refractivity contribution in [1.82, 2.24) is 15.1 Å². The summed E-state index contributed by atoms with van der Waals surface area (Å²) in [6.07, 6.45) is 3.81. The average molecular weight is 517 g/mol. The van der Waals surface area contributed by atoms with Gasteiger partial charge in [-0.2, -0.15) is 0 Å². The van der Waals surface area contributed by atoms with Crippen LogP contribution in [0, 0.1) is 0 Å². The van der Waals surface area contributed by atoms with E-state index in [0.29, 0.717) is 24.2 Å². The molecule has 3 heterocycles. The van der Waals surface area contributed by atoms with Gasteiger partial charge in [0.05, 0.1) is 23.5 Å². The lowest BCUT2D eigenvalue weighted by Gasteiger charge is -2.33. The molecule has 0 spiro atoms. The van der Waals surface area contributed by atoms with Crippen molar-refractivity contribution in [2.45, 2.75) is 57.0 Å². The maximum Gasteiger partial charge on any atom is 0.258 e. The van der Waals surface area contributed by atoms with Crippen molar-refractivity contribution in [3.05, 3.63) is 76.5 Å². The lowest BCUT2D eigenvalue weighted by atomic mass is 9.92. The van der Waals surface area contributed by atoms with Crippen LogP contribution in [-0.2, 0) is 17.7 Å². The van der Waals surface area contributed by atoms with E-state index in [9.17, 15) is 14.7 Å². The Morgan fingerprint density at radius 2 is 1.92 bits per heavy atom. The molecule has 4 atom stereocenters. The molecule has 2 bridgehead atoms. The van der Waals surface area contributed by atoms with E-state index in [2.05, 4.69) is 29.3 Å². The quantitative estimate of drug-likeness (QED) is 0.614. The Hall–Kier alpha value is -3.20. The molecule has 0 aromatic heterocycles. The van der Waals surface area contributed by atoms with Crippen LogP contribution in [0.15, 0.2) is 54.2 Å². The minimum absolute atomic E-state index is 0.0361. The van der Waals surface area contributed by atoms with Crippen molar-refractivity contribution in [2.24, 2.45) is 0 Å². The summed E-state index contributed by atoms with van der Waals surface area (Å²) in [6, 6.07) is 13.7. The number of nitrogens with zero attached hydrogens (tertiary/aromatic N) is 3. The van der Waals surface area contributed by atoms with Gasteiger partial charge in [0.1, 0.15) is 0 Å². The Labute approximate surface area is 223 Å². The molecule has 2 amide bonds. The smallest absolute Gasteiger partial charge is 0.258 e. The van der Waals surface area contributed by atoms with Crippen molar-refractivity contribution in [1.29, 1.82) is 0 Å². The molecule has 2 unspecified atom stereocenters. The molecule has 8 heteroatoms. The number of hydrogen-bond donors (Lipinski definition) is 2. The van der Waals surface area contributed by atoms with E-state index in [4.69, 9.17) is 4.74 Å². The van der Waals surface area contributed by atoms with Crippen LogP contribution < -0.4 is 10.2 Å². The van der Waals surface area contributed by atoms with Crippen molar-refractivity contribution in [3.8, 4) is 0 Å². The Bertz CT molecular complexity index is 1280. The molecule has 1 aliphatic carbocycles. The Morgan fingerprint density at radius 1 is 1.13 bits per heavy atom. The third-order valence-electron chi connectivity index (χ3n) is 8.70. The van der Waals surface area contributed by atoms with Crippen LogP contribution in [0.25, 0.3) is 0 Å². The lowest BCUT2D eigenvalue weighted by molar-refractivity contribution is 0.0540. The van der Waals surface area contributed by atoms with Gasteiger partial charge in [-0.15, -0.1) is 0 Å². The number of aliphatic hydroxyl groups is 1. The summed E-state index contributed by atoms with van der Waals surface area (Å²) in [5, 5.41) is 14.6. The lowest BCUT2D eigenvalue weighted by Crippen LogP contribution is -2.50. The fourth-order valence-corrected chi connectivity index (χ4v) is 6.49. The second-order valence-corrected chi connectivity index (χ2v) is 10.8. The first-order valence-corrected chi connectivity index (χ1v) is 13.7. The number of anilines is 1. The van der Waals surface area contributed by atoms with Crippen LogP contribution in [0.4, 0.5) is 5.69 Å². The van der Waals surface area contributed by atoms with Gasteiger partial charge in [0.2, 0.25) is 0 Å². The van der Waals surface area contributed by atoms with Crippen molar-refractivity contribution in [3.63, 3.8) is 0 Å². The molecule has 2 aromatic rings. The summed E-state index contributed by atoms with van der Waals surface area (Å²) in [6.45, 7) is 4.93. The Kier molecular flexibility index (Phi) is 6.72. The van der Waals surface area contributed by atoms with E-state index in [0.717, 1.165) is 38.0 Å². The van der Waals surface area contributed by atoms with Crippen LogP contribution in [0.3, 0.4) is 0 Å². The minimum atomic E-state index is -0.681. The summed E-state index contributed by atoms with van der Waals surface area (Å²) in [4.78, 5) is 32.9. The molecule has 2 aromatic carbocycles. The molecule has 1 fully saturated rings. The first-order chi connectivity index (χ1) is 18.5. The highest BCUT2D eigenvalue weighted by Gasteiger charge is 2.41. The highest BCUT2D eigenvalue weighted by molar-refractivity contribution is 6.03. The maximum atomic E-state index is 13.7. The highest BCUT2D eigenvalue weighted by Crippen LogP contribution is 2.39. The predicted molar refractivity (Wildman–Crippen MR) is 145 cm³/mol. The van der Waals surface area contributed by atoms with Gasteiger partial charge >= 0.3 is 0 Å². The van der Waals surface area contributed by atoms with Crippen LogP contribution in [-0.4, -0.2) is 84.3 Å². The number of amides is 2. The number of carbonyl (C=O) groups is 2. The molecular weight excluding hydrogens is 480 g/mol. The van der Waals surface area contributed by atoms with Crippen molar-refractivity contribution >= 4 is 17.5 Å². The van der Waals surface area contributed by atoms with Gasteiger partial charge in [-0.05, 0) is 61.1 Å². The average Bonchev–Trinajstić information content (AvgIpc) is 3.53. The number of benzene rings is 2. The van der Waals surface area contributed by atoms with Crippen LogP contribution in [0.1, 0.15) is 51.6 Å². The van der Waals surface area contributed by atoms with E-state index in [-0.39, 0.29) is 36.5 Å². The van der Waals surface area contributed by atoms with Crippen molar-refractivity contribution < 1.29 is 19.4 Å². The van der Waals surface area contributed by atoms with Crippen LogP contribution in [0.5, 0.6) is 0 Å². The molecule has 2 N–H and O–H groups in total. The number of β-amino-alcohol motifs (C(OH)–C–C–N with tert-alkyl or cyclic N) is 1. The first kappa shape index (κ1) is 25.1. The Morgan fingerprint density at radius 3 is 2.66 bits per heavy atom. The van der Waals surface area contributed by atoms with E-state index >= 15 is 0 Å². The normalized spacial score (nSPS) is 25.1. The van der Waals surface area contributed by atoms with Crippen molar-refractivity contribution in [2.75, 3.05) is 38.2 Å². The second kappa shape index (κ2) is 10.2. The van der Waals surface area contributed by atoms with Gasteiger partial charge in [-0.25, -0.2) is 0 Å². The third kappa shape index (κ3) is 4.40. The number of likely N-dealkylation sites (N-methyl/N-ethyl adjacent to an activating group) is 1. The molecule has 0 saturated heterocycles. The van der Waals surface area contributed by atoms with Gasteiger partial charge < -0.3 is 29.9 Å². The number of nitrogens with one attached hydrogen (secondary N) is 1. The number of ether oxygens (including phenoxy) is 1. The zero-order valence-corrected chi connectivity index (χ0v) is 22.1. The SMILES string of the molecule is CCN1CCN(C[C@@H](O)[C@@H]2Cc3ccccc3CN2)C(=O)c2ccc(C(=O)N3C=C4CC3CC4OC)cc21. The fraction of sp³-hybridized carbons (Fsp3) is 0.467. The van der Waals surface area contributed by atoms with E-state index in [1.54, 1.807) is 24.1 Å². The number of rotatable bonds is 6. The molecule has 200 valence electrons. The molecule has 8 nitrogen and oxygen atoms in total. The standard InChI is InChI=1S/C30H36N4O4/c1-3-32-10-11-33(18-27(35)25-13-19-6-4-5-7-21(19)16-31-25)30(37)24-9-8-20(14-26(24)32)29(36)34-17-22-12-23(34)15-28(22)38-2/h4-9,14,17,23,25,27-28,31,35H,3,10-13,15-16,18H2,1-2H3/t23?,25-,27+,28?/m0/s1. The van der Waals surface area contributed by atoms with E-state index in [1.165, 1.54) is 16.7 Å². The first-order valence-electron chi connectivity index (χ1n) is 13.7. The van der Waals surface area contributed by atoms with Gasteiger partial charge in [0.25, 0.3) is 11.8 Å². The third-order valence-corrected chi connectivity index (χ3v) is 8.70. The van der Waals surface area contributed by atoms with Gasteiger partial charge in [-0.3, -0.25) is 9.59 Å². The number of aliphatic hydroxyl groups excluding tert-OH is 1. The van der Waals surface area contributed by atoms with Gasteiger partial charge in [0, 0.05) is 63.7 Å². The maximum absolute atomic E-state index is 13.7. The van der Waals surface area contributed by atoms with Gasteiger partial charge in [-0.1, -0.05) is 24.3 Å². The summed E-state index contributed by atoms with van der Waals surface area (Å²) in [5.74, 6) is -0.137. The largest absolute Gasteiger partial charge is 0.390 e. The number of methoxy groups -OCH3 is 1. The zero-order valence-electron chi connectivity index (χ0n) is 22.1. The molecule has 6 rings (SSSR count). The summed E-state index contributed by atoms with van der Waals surface area (Å²) in [5.41, 5.74) is 5.64. The summed E-state index contributed by atoms with van der Waals surface area (Å²) < 4.78 is 5.52. The van der Waals surface area contributed by atoms with E-state index < -0.39 is 6.10 Å². The van der Waals surface area contributed by atoms with Gasteiger partial charge in [0.15, 0.2) is 0 Å². The molecule has 38 heavy (non-hydrogen) atoms. The fourth-order valence-electron chi connectivity index (χ4n) is 6.49. The highest BCUT2D eigenvalue weighted by atomic mass is 16.5. The monoisotopic (exact) mass is 516 g/mol. The molecule has 4 aliphatic rings. The number of hydrogen-bond acceptors (Lipinski definition) is 6. The minimum Gasteiger partial charge on any atom is -0.390 e. The van der Waals surface area contributed by atoms with Crippen LogP contribution >= 0.6 is 0 Å². The molecule has 0 radical (unpaired) electrons. The molecular formula is C30H36N4O4. The summed E-state index contributed by atoms with van der Waals surface area (Å²) >= 11 is 0. The summed E-state index contributed by atoms with van der Waals surface area (Å²) in [7, 11) is 1.72. The zero-order chi connectivity index (χ0) is 26.4. The van der Waals surface area contributed by atoms with Crippen LogP contribution in [0.2, 0.25) is 0 Å². The molecule has 1 saturated carbocycles. The molecule has 3 aliphatic heterocycles. The topological polar surface area (TPSA) is 85.3 Å². The number of fused-ring (bicyclic) bond motifs is 4. The van der Waals surface area contributed by atoms with E-state index in [1.807, 2.05) is 29.3 Å². The second-order valence-electron chi connectivity index (χ2n) is 10.8. The predicted octanol–water partition coefficient (Wildman–Crippen LogP) is 2.56. The Balaban J connectivity index is 1.19.